The summed E-state index contributed by atoms with van der Waals surface area (Å²) in [6.45, 7) is 10.5. The Labute approximate surface area is 304 Å². The largest absolute Gasteiger partial charge is 0.336 e. The van der Waals surface area contributed by atoms with Crippen LogP contribution < -0.4 is 10.6 Å². The van der Waals surface area contributed by atoms with Crippen molar-refractivity contribution < 1.29 is 14.4 Å². The molecule has 14 nitrogen and oxygen atoms in total. The van der Waals surface area contributed by atoms with Crippen LogP contribution in [0, 0.1) is 17.2 Å². The summed E-state index contributed by atoms with van der Waals surface area (Å²) in [5, 5.41) is 32.3. The predicted octanol–water partition coefficient (Wildman–Crippen LogP) is 1.19. The number of carbonyl (C=O) groups is 3. The second-order valence-corrected chi connectivity index (χ2v) is 14.8. The van der Waals surface area contributed by atoms with Crippen LogP contribution in [0.25, 0.3) is 0 Å². The van der Waals surface area contributed by atoms with E-state index in [4.69, 9.17) is 0 Å². The van der Waals surface area contributed by atoms with Gasteiger partial charge in [-0.05, 0) is 98.6 Å². The van der Waals surface area contributed by atoms with Gasteiger partial charge in [-0.15, -0.1) is 10.2 Å². The van der Waals surface area contributed by atoms with Crippen LogP contribution >= 0.6 is 0 Å². The normalized spacial score (nSPS) is 24.9. The number of amides is 3. The van der Waals surface area contributed by atoms with Crippen molar-refractivity contribution in [2.24, 2.45) is 5.92 Å². The highest BCUT2D eigenvalue weighted by atomic mass is 16.2. The van der Waals surface area contributed by atoms with Gasteiger partial charge in [0.25, 0.3) is 11.8 Å². The Bertz CT molecular complexity index is 1830. The van der Waals surface area contributed by atoms with Gasteiger partial charge in [0.2, 0.25) is 5.91 Å². The van der Waals surface area contributed by atoms with Crippen LogP contribution in [0.2, 0.25) is 0 Å². The van der Waals surface area contributed by atoms with Gasteiger partial charge in [0.1, 0.15) is 6.04 Å². The van der Waals surface area contributed by atoms with Crippen molar-refractivity contribution in [3.8, 4) is 6.07 Å². The SMILES string of the molecule is CC1[C@@H](C)CC(C#N)N1C(=O)CNCCC1(c2nn[nH]n2)c2ccc(C(=O)N3CCNCC3)cc2CCc2cc(C(=O)N3CCN(C)CC3)ccc21. The van der Waals surface area contributed by atoms with Gasteiger partial charge < -0.3 is 30.2 Å². The molecule has 3 saturated heterocycles. The molecule has 3 fully saturated rings. The molecule has 0 spiro atoms. The summed E-state index contributed by atoms with van der Waals surface area (Å²) in [6.07, 6.45) is 2.47. The number of tetrazole rings is 1. The summed E-state index contributed by atoms with van der Waals surface area (Å²) in [4.78, 5) is 48.7. The lowest BCUT2D eigenvalue weighted by atomic mass is 9.69. The number of fused-ring (bicyclic) bond motifs is 2. The molecule has 4 heterocycles. The van der Waals surface area contributed by atoms with E-state index < -0.39 is 11.5 Å². The molecule has 4 atom stereocenters. The molecule has 7 rings (SSSR count). The molecule has 3 aliphatic heterocycles. The molecule has 274 valence electrons. The Morgan fingerprint density at radius 3 is 2.12 bits per heavy atom. The molecular formula is C38H49N11O3. The summed E-state index contributed by atoms with van der Waals surface area (Å²) in [5.41, 5.74) is 4.37. The van der Waals surface area contributed by atoms with Crippen LogP contribution in [-0.4, -0.2) is 143 Å². The predicted molar refractivity (Wildman–Crippen MR) is 194 cm³/mol. The molecule has 52 heavy (non-hydrogen) atoms. The zero-order chi connectivity index (χ0) is 36.4. The number of H-pyrrole nitrogens is 1. The monoisotopic (exact) mass is 707 g/mol. The molecule has 1 aliphatic carbocycles. The van der Waals surface area contributed by atoms with E-state index in [0.29, 0.717) is 75.4 Å². The van der Waals surface area contributed by atoms with Crippen molar-refractivity contribution in [2.75, 3.05) is 72.5 Å². The van der Waals surface area contributed by atoms with Crippen molar-refractivity contribution in [1.82, 2.24) is 50.9 Å². The van der Waals surface area contributed by atoms with Gasteiger partial charge >= 0.3 is 0 Å². The summed E-state index contributed by atoms with van der Waals surface area (Å²) < 4.78 is 0. The molecule has 3 unspecified atom stereocenters. The number of nitrogens with zero attached hydrogens (tertiary/aromatic N) is 8. The minimum atomic E-state index is -0.902. The number of aromatic amines is 1. The molecule has 1 aromatic heterocycles. The molecule has 3 aromatic rings. The Morgan fingerprint density at radius 1 is 0.923 bits per heavy atom. The number of aromatic nitrogens is 4. The lowest BCUT2D eigenvalue weighted by molar-refractivity contribution is -0.132. The molecular weight excluding hydrogens is 658 g/mol. The molecule has 4 aliphatic rings. The van der Waals surface area contributed by atoms with Crippen molar-refractivity contribution in [3.63, 3.8) is 0 Å². The first-order valence-electron chi connectivity index (χ1n) is 18.6. The fraction of sp³-hybridized carbons (Fsp3) is 0.553. The third kappa shape index (κ3) is 6.68. The number of rotatable bonds is 8. The highest BCUT2D eigenvalue weighted by Crippen LogP contribution is 2.46. The van der Waals surface area contributed by atoms with Crippen molar-refractivity contribution in [2.45, 2.75) is 57.0 Å². The van der Waals surface area contributed by atoms with E-state index in [1.54, 1.807) is 4.90 Å². The van der Waals surface area contributed by atoms with Crippen LogP contribution in [0.15, 0.2) is 36.4 Å². The van der Waals surface area contributed by atoms with Crippen molar-refractivity contribution >= 4 is 17.7 Å². The van der Waals surface area contributed by atoms with Crippen LogP contribution in [0.4, 0.5) is 0 Å². The standard InChI is InChI=1S/C38H49N11O3/c1-25-20-31(23-39)49(26(25)2)34(50)24-41-11-10-38(37-42-44-45-43-37)32-8-6-29(35(51)47-14-12-40-13-15-47)21-27(32)4-5-28-22-30(7-9-33(28)38)36(52)48-18-16-46(3)17-19-48/h6-9,21-22,25-26,31,40-41H,4-5,10-20,24H2,1-3H3,(H,42,43,44,45)/t25-,26?,31?,38?/m0/s1. The quantitative estimate of drug-likeness (QED) is 0.290. The second kappa shape index (κ2) is 15.1. The van der Waals surface area contributed by atoms with Crippen molar-refractivity contribution in [3.05, 3.63) is 75.6 Å². The van der Waals surface area contributed by atoms with E-state index >= 15 is 0 Å². The number of piperazine rings is 2. The van der Waals surface area contributed by atoms with Crippen LogP contribution in [-0.2, 0) is 23.1 Å². The van der Waals surface area contributed by atoms with Gasteiger partial charge in [0.05, 0.1) is 18.0 Å². The molecule has 0 saturated carbocycles. The number of hydrogen-bond donors (Lipinski definition) is 3. The topological polar surface area (TPSA) is 166 Å². The van der Waals surface area contributed by atoms with Gasteiger partial charge in [-0.25, -0.2) is 0 Å². The number of likely N-dealkylation sites (tertiary alicyclic amines) is 1. The lowest BCUT2D eigenvalue weighted by Crippen LogP contribution is -2.47. The average Bonchev–Trinajstić information content (AvgIpc) is 3.79. The third-order valence-corrected chi connectivity index (χ3v) is 11.8. The number of nitrogens with one attached hydrogen (secondary N) is 3. The zero-order valence-electron chi connectivity index (χ0n) is 30.4. The molecule has 0 radical (unpaired) electrons. The maximum absolute atomic E-state index is 13.8. The van der Waals surface area contributed by atoms with Gasteiger partial charge in [-0.2, -0.15) is 10.5 Å². The first-order chi connectivity index (χ1) is 25.2. The first kappa shape index (κ1) is 35.7. The molecule has 0 bridgehead atoms. The molecule has 14 heteroatoms. The molecule has 3 N–H and O–H groups in total. The van der Waals surface area contributed by atoms with E-state index in [1.165, 1.54) is 0 Å². The van der Waals surface area contributed by atoms with Gasteiger partial charge in [-0.3, -0.25) is 14.4 Å². The highest BCUT2D eigenvalue weighted by molar-refractivity contribution is 5.95. The smallest absolute Gasteiger partial charge is 0.253 e. The second-order valence-electron chi connectivity index (χ2n) is 14.8. The van der Waals surface area contributed by atoms with Crippen LogP contribution in [0.1, 0.15) is 75.5 Å². The lowest BCUT2D eigenvalue weighted by Gasteiger charge is -2.35. The van der Waals surface area contributed by atoms with E-state index in [9.17, 15) is 19.6 Å². The maximum Gasteiger partial charge on any atom is 0.253 e. The van der Waals surface area contributed by atoms with Gasteiger partial charge in [0, 0.05) is 69.5 Å². The number of hydrogen-bond acceptors (Lipinski definition) is 10. The van der Waals surface area contributed by atoms with E-state index in [0.717, 1.165) is 48.4 Å². The molecule has 3 amide bonds. The van der Waals surface area contributed by atoms with E-state index in [-0.39, 0.29) is 36.2 Å². The number of aryl methyl sites for hydroxylation is 2. The van der Waals surface area contributed by atoms with Crippen LogP contribution in [0.5, 0.6) is 0 Å². The summed E-state index contributed by atoms with van der Waals surface area (Å²) in [5.74, 6) is 0.675. The Balaban J connectivity index is 1.24. The summed E-state index contributed by atoms with van der Waals surface area (Å²) >= 11 is 0. The van der Waals surface area contributed by atoms with Gasteiger partial charge in [-0.1, -0.05) is 24.3 Å². The minimum absolute atomic E-state index is 0.00825. The number of nitriles is 1. The number of carbonyl (C=O) groups excluding carboxylic acids is 3. The third-order valence-electron chi connectivity index (χ3n) is 11.8. The maximum atomic E-state index is 13.8. The van der Waals surface area contributed by atoms with Gasteiger partial charge in [0.15, 0.2) is 5.82 Å². The number of likely N-dealkylation sites (N-methyl/N-ethyl adjacent to an activating group) is 1. The fourth-order valence-corrected chi connectivity index (χ4v) is 8.62. The van der Waals surface area contributed by atoms with E-state index in [1.807, 2.05) is 53.1 Å². The average molecular weight is 708 g/mol. The zero-order valence-corrected chi connectivity index (χ0v) is 30.4. The summed E-state index contributed by atoms with van der Waals surface area (Å²) in [7, 11) is 2.07. The summed E-state index contributed by atoms with van der Waals surface area (Å²) in [6, 6.07) is 13.8. The van der Waals surface area contributed by atoms with Crippen molar-refractivity contribution in [1.29, 1.82) is 5.26 Å². The van der Waals surface area contributed by atoms with Crippen LogP contribution in [0.3, 0.4) is 0 Å². The Hall–Kier alpha value is -4.71. The number of benzene rings is 2. The fourth-order valence-electron chi connectivity index (χ4n) is 8.62. The van der Waals surface area contributed by atoms with E-state index in [2.05, 4.69) is 56.2 Å². The first-order valence-corrected chi connectivity index (χ1v) is 18.6. The molecule has 2 aromatic carbocycles. The highest BCUT2D eigenvalue weighted by Gasteiger charge is 2.45. The Kier molecular flexibility index (Phi) is 10.4. The Morgan fingerprint density at radius 2 is 1.54 bits per heavy atom. The minimum Gasteiger partial charge on any atom is -0.336 e.